The smallest absolute Gasteiger partial charge is 0.335 e. The lowest BCUT2D eigenvalue weighted by Crippen LogP contribution is -2.44. The highest BCUT2D eigenvalue weighted by molar-refractivity contribution is 6.38. The van der Waals surface area contributed by atoms with Gasteiger partial charge in [-0.3, -0.25) is 4.90 Å². The Labute approximate surface area is 220 Å². The second-order valence-corrected chi connectivity index (χ2v) is 9.52. The molecule has 0 saturated carbocycles. The maximum absolute atomic E-state index is 11.2. The van der Waals surface area contributed by atoms with Gasteiger partial charge in [0.15, 0.2) is 0 Å². The van der Waals surface area contributed by atoms with Crippen LogP contribution in [-0.4, -0.2) is 58.0 Å². The summed E-state index contributed by atoms with van der Waals surface area (Å²) in [6.07, 6.45) is -1.20. The number of nitrogens with zero attached hydrogens (tertiary/aromatic N) is 1. The van der Waals surface area contributed by atoms with Gasteiger partial charge in [-0.15, -0.1) is 0 Å². The minimum atomic E-state index is -0.985. The average Bonchev–Trinajstić information content (AvgIpc) is 2.86. The topological polar surface area (TPSA) is 116 Å². The van der Waals surface area contributed by atoms with E-state index in [1.165, 1.54) is 0 Å². The highest BCUT2D eigenvalue weighted by atomic mass is 35.5. The van der Waals surface area contributed by atoms with Crippen LogP contribution in [0.3, 0.4) is 0 Å². The summed E-state index contributed by atoms with van der Waals surface area (Å²) in [7, 11) is 0. The molecule has 0 aromatic heterocycles. The Hall–Kier alpha value is -2.81. The predicted molar refractivity (Wildman–Crippen MR) is 142 cm³/mol. The molecule has 0 spiro atoms. The van der Waals surface area contributed by atoms with Crippen LogP contribution < -0.4 is 10.5 Å². The Balaban J connectivity index is 1.73. The maximum atomic E-state index is 11.2. The molecule has 0 radical (unpaired) electrons. The summed E-state index contributed by atoms with van der Waals surface area (Å²) in [6.45, 7) is 2.48. The molecule has 9 heteroatoms. The van der Waals surface area contributed by atoms with Crippen LogP contribution in [0.15, 0.2) is 66.7 Å². The molecule has 0 aliphatic heterocycles. The first-order chi connectivity index (χ1) is 17.1. The standard InChI is InChI=1S/C27H30Cl2N2O5/c1-17(11-18-7-9-19(10-8-18)27(34)35)31(14-21(32)16-36-22-5-3-2-4-6-22)15-25(33)20-12-23(28)26(30)24(29)13-20/h2-10,12-13,17,21,25,32-33H,11,14-16,30H2,1H3,(H,34,35). The number of anilines is 1. The van der Waals surface area contributed by atoms with Gasteiger partial charge < -0.3 is 25.8 Å². The van der Waals surface area contributed by atoms with Crippen molar-refractivity contribution in [2.45, 2.75) is 31.6 Å². The summed E-state index contributed by atoms with van der Waals surface area (Å²) in [5.41, 5.74) is 7.73. The number of carboxylic acid groups (broad SMARTS) is 1. The fraction of sp³-hybridized carbons (Fsp3) is 0.296. The zero-order chi connectivity index (χ0) is 26.2. The van der Waals surface area contributed by atoms with Crippen molar-refractivity contribution in [2.24, 2.45) is 0 Å². The first-order valence-corrected chi connectivity index (χ1v) is 12.2. The van der Waals surface area contributed by atoms with Gasteiger partial charge in [0, 0.05) is 19.1 Å². The van der Waals surface area contributed by atoms with E-state index < -0.39 is 18.2 Å². The molecule has 0 amide bonds. The number of ether oxygens (including phenoxy) is 1. The Bertz CT molecular complexity index is 1120. The molecular weight excluding hydrogens is 503 g/mol. The minimum Gasteiger partial charge on any atom is -0.491 e. The van der Waals surface area contributed by atoms with E-state index in [4.69, 9.17) is 38.8 Å². The average molecular weight is 533 g/mol. The van der Waals surface area contributed by atoms with E-state index in [1.807, 2.05) is 42.2 Å². The number of benzene rings is 3. The second kappa shape index (κ2) is 12.9. The molecule has 0 bridgehead atoms. The first kappa shape index (κ1) is 27.8. The Kier molecular flexibility index (Phi) is 9.98. The minimum absolute atomic E-state index is 0.0795. The summed E-state index contributed by atoms with van der Waals surface area (Å²) < 4.78 is 5.69. The van der Waals surface area contributed by atoms with Gasteiger partial charge in [0.05, 0.1) is 27.4 Å². The van der Waals surface area contributed by atoms with Crippen molar-refractivity contribution in [3.63, 3.8) is 0 Å². The molecule has 0 saturated heterocycles. The van der Waals surface area contributed by atoms with Crippen molar-refractivity contribution >= 4 is 34.9 Å². The third-order valence-electron chi connectivity index (χ3n) is 5.88. The molecule has 0 aliphatic rings. The van der Waals surface area contributed by atoms with Gasteiger partial charge in [0.2, 0.25) is 0 Å². The molecule has 192 valence electrons. The fourth-order valence-corrected chi connectivity index (χ4v) is 4.35. The van der Waals surface area contributed by atoms with Crippen molar-refractivity contribution < 1.29 is 24.9 Å². The van der Waals surface area contributed by atoms with E-state index in [0.29, 0.717) is 17.7 Å². The van der Waals surface area contributed by atoms with Gasteiger partial charge in [-0.05, 0) is 60.9 Å². The SMILES string of the molecule is CC(Cc1ccc(C(=O)O)cc1)N(CC(O)COc1ccccc1)CC(O)c1cc(Cl)c(N)c(Cl)c1. The lowest BCUT2D eigenvalue weighted by molar-refractivity contribution is 0.0291. The number of aliphatic hydroxyl groups is 2. The van der Waals surface area contributed by atoms with Crippen molar-refractivity contribution in [3.05, 3.63) is 93.5 Å². The molecule has 3 unspecified atom stereocenters. The van der Waals surface area contributed by atoms with Crippen LogP contribution >= 0.6 is 23.2 Å². The molecule has 3 aromatic carbocycles. The van der Waals surface area contributed by atoms with Gasteiger partial charge in [0.25, 0.3) is 0 Å². The number of carbonyl (C=O) groups is 1. The second-order valence-electron chi connectivity index (χ2n) is 8.70. The van der Waals surface area contributed by atoms with Crippen molar-refractivity contribution in [2.75, 3.05) is 25.4 Å². The number of aromatic carboxylic acids is 1. The predicted octanol–water partition coefficient (Wildman–Crippen LogP) is 4.68. The Morgan fingerprint density at radius 3 is 2.19 bits per heavy atom. The fourth-order valence-electron chi connectivity index (χ4n) is 3.84. The monoisotopic (exact) mass is 532 g/mol. The van der Waals surface area contributed by atoms with Crippen molar-refractivity contribution in [3.8, 4) is 5.75 Å². The highest BCUT2D eigenvalue weighted by Gasteiger charge is 2.23. The van der Waals surface area contributed by atoms with Gasteiger partial charge in [-0.2, -0.15) is 0 Å². The van der Waals surface area contributed by atoms with Gasteiger partial charge in [0.1, 0.15) is 18.5 Å². The molecule has 5 N–H and O–H groups in total. The molecule has 36 heavy (non-hydrogen) atoms. The van der Waals surface area contributed by atoms with Crippen LogP contribution in [0.5, 0.6) is 5.75 Å². The van der Waals surface area contributed by atoms with Crippen LogP contribution in [0.1, 0.15) is 34.5 Å². The lowest BCUT2D eigenvalue weighted by atomic mass is 10.0. The largest absolute Gasteiger partial charge is 0.491 e. The van der Waals surface area contributed by atoms with Crippen LogP contribution in [0.2, 0.25) is 10.0 Å². The van der Waals surface area contributed by atoms with E-state index in [-0.39, 0.29) is 47.0 Å². The maximum Gasteiger partial charge on any atom is 0.335 e. The van der Waals surface area contributed by atoms with E-state index in [2.05, 4.69) is 0 Å². The molecular formula is C27H30Cl2N2O5. The number of para-hydroxylation sites is 1. The van der Waals surface area contributed by atoms with E-state index >= 15 is 0 Å². The van der Waals surface area contributed by atoms with Crippen LogP contribution in [-0.2, 0) is 6.42 Å². The van der Waals surface area contributed by atoms with E-state index in [1.54, 1.807) is 36.4 Å². The summed E-state index contributed by atoms with van der Waals surface area (Å²) in [6, 6.07) is 18.9. The van der Waals surface area contributed by atoms with Gasteiger partial charge in [-0.25, -0.2) is 4.79 Å². The van der Waals surface area contributed by atoms with Gasteiger partial charge in [-0.1, -0.05) is 53.5 Å². The summed E-state index contributed by atoms with van der Waals surface area (Å²) in [5, 5.41) is 31.4. The molecule has 0 heterocycles. The first-order valence-electron chi connectivity index (χ1n) is 11.5. The lowest BCUT2D eigenvalue weighted by Gasteiger charge is -2.33. The molecule has 7 nitrogen and oxygen atoms in total. The Morgan fingerprint density at radius 1 is 1.00 bits per heavy atom. The number of aliphatic hydroxyl groups excluding tert-OH is 2. The zero-order valence-electron chi connectivity index (χ0n) is 19.8. The highest BCUT2D eigenvalue weighted by Crippen LogP contribution is 2.31. The molecule has 3 rings (SSSR count). The number of nitrogens with two attached hydrogens (primary N) is 1. The number of hydrogen-bond donors (Lipinski definition) is 4. The number of halogens is 2. The molecule has 3 atom stereocenters. The van der Waals surface area contributed by atoms with Crippen LogP contribution in [0.4, 0.5) is 5.69 Å². The summed E-state index contributed by atoms with van der Waals surface area (Å²) in [5.74, 6) is -0.331. The van der Waals surface area contributed by atoms with Crippen LogP contribution in [0, 0.1) is 0 Å². The molecule has 0 fully saturated rings. The zero-order valence-corrected chi connectivity index (χ0v) is 21.4. The number of nitrogen functional groups attached to an aromatic ring is 1. The third-order valence-corrected chi connectivity index (χ3v) is 6.51. The van der Waals surface area contributed by atoms with E-state index in [9.17, 15) is 15.0 Å². The molecule has 3 aromatic rings. The van der Waals surface area contributed by atoms with Crippen molar-refractivity contribution in [1.29, 1.82) is 0 Å². The van der Waals surface area contributed by atoms with Gasteiger partial charge >= 0.3 is 5.97 Å². The number of hydrogen-bond acceptors (Lipinski definition) is 6. The quantitative estimate of drug-likeness (QED) is 0.250. The third kappa shape index (κ3) is 7.85. The van der Waals surface area contributed by atoms with E-state index in [0.717, 1.165) is 5.56 Å². The van der Waals surface area contributed by atoms with Crippen molar-refractivity contribution in [1.82, 2.24) is 4.90 Å². The normalized spacial score (nSPS) is 13.8. The van der Waals surface area contributed by atoms with Crippen LogP contribution in [0.25, 0.3) is 0 Å². The summed E-state index contributed by atoms with van der Waals surface area (Å²) >= 11 is 12.3. The number of carboxylic acids is 1. The number of rotatable bonds is 12. The molecule has 0 aliphatic carbocycles. The Morgan fingerprint density at radius 2 is 1.61 bits per heavy atom. The summed E-state index contributed by atoms with van der Waals surface area (Å²) in [4.78, 5) is 13.1.